The van der Waals surface area contributed by atoms with E-state index >= 15 is 0 Å². The molecule has 0 saturated heterocycles. The molecule has 0 saturated carbocycles. The van der Waals surface area contributed by atoms with Crippen LogP contribution < -0.4 is 10.1 Å². The number of nitrogens with one attached hydrogen (secondary N) is 1. The minimum absolute atomic E-state index is 0.0419. The molecule has 2 N–H and O–H groups in total. The summed E-state index contributed by atoms with van der Waals surface area (Å²) in [5, 5.41) is 11.4. The van der Waals surface area contributed by atoms with Gasteiger partial charge in [0.15, 0.2) is 0 Å². The summed E-state index contributed by atoms with van der Waals surface area (Å²) in [6.45, 7) is 3.04. The van der Waals surface area contributed by atoms with Crippen LogP contribution in [0.5, 0.6) is 5.75 Å². The van der Waals surface area contributed by atoms with Crippen molar-refractivity contribution in [2.75, 3.05) is 26.7 Å². The van der Waals surface area contributed by atoms with E-state index in [-0.39, 0.29) is 19.0 Å². The zero-order valence-corrected chi connectivity index (χ0v) is 12.5. The molecule has 0 bridgehead atoms. The Hall–Kier alpha value is -2.24. The molecule has 0 spiro atoms. The molecular formula is C15H22N2O4. The van der Waals surface area contributed by atoms with Gasteiger partial charge in [-0.15, -0.1) is 0 Å². The molecule has 0 aliphatic heterocycles. The lowest BCUT2D eigenvalue weighted by atomic mass is 10.1. The number of hydrogen-bond acceptors (Lipinski definition) is 3. The maximum atomic E-state index is 11.9. The van der Waals surface area contributed by atoms with Gasteiger partial charge in [-0.3, -0.25) is 4.79 Å². The second kappa shape index (κ2) is 8.84. The first-order valence-corrected chi connectivity index (χ1v) is 6.94. The van der Waals surface area contributed by atoms with Crippen LogP contribution >= 0.6 is 0 Å². The van der Waals surface area contributed by atoms with Crippen molar-refractivity contribution in [1.82, 2.24) is 10.2 Å². The van der Waals surface area contributed by atoms with Crippen LogP contribution in [0.4, 0.5) is 4.79 Å². The molecule has 0 atom stereocenters. The summed E-state index contributed by atoms with van der Waals surface area (Å²) in [6.07, 6.45) is 0.673. The van der Waals surface area contributed by atoms with Gasteiger partial charge in [0.25, 0.3) is 0 Å². The summed E-state index contributed by atoms with van der Waals surface area (Å²) in [6, 6.07) is 7.43. The zero-order valence-electron chi connectivity index (χ0n) is 12.5. The Morgan fingerprint density at radius 1 is 1.29 bits per heavy atom. The first-order chi connectivity index (χ1) is 10.1. The Kier molecular flexibility index (Phi) is 7.08. The van der Waals surface area contributed by atoms with Crippen LogP contribution in [-0.2, 0) is 11.2 Å². The van der Waals surface area contributed by atoms with Crippen molar-refractivity contribution in [3.63, 3.8) is 0 Å². The third kappa shape index (κ3) is 6.16. The second-order valence-corrected chi connectivity index (χ2v) is 4.55. The number of hydrogen-bond donors (Lipinski definition) is 2. The van der Waals surface area contributed by atoms with E-state index in [1.54, 1.807) is 7.11 Å². The van der Waals surface area contributed by atoms with E-state index in [9.17, 15) is 9.59 Å². The highest BCUT2D eigenvalue weighted by Gasteiger charge is 2.12. The van der Waals surface area contributed by atoms with Crippen molar-refractivity contribution in [1.29, 1.82) is 0 Å². The second-order valence-electron chi connectivity index (χ2n) is 4.55. The molecule has 2 amide bonds. The van der Waals surface area contributed by atoms with E-state index in [1.807, 2.05) is 31.2 Å². The quantitative estimate of drug-likeness (QED) is 0.765. The predicted molar refractivity (Wildman–Crippen MR) is 79.6 cm³/mol. The fourth-order valence-electron chi connectivity index (χ4n) is 1.85. The van der Waals surface area contributed by atoms with Gasteiger partial charge in [0, 0.05) is 19.6 Å². The van der Waals surface area contributed by atoms with Gasteiger partial charge in [0.1, 0.15) is 5.75 Å². The number of carbonyl (C=O) groups excluding carboxylic acids is 1. The smallest absolute Gasteiger partial charge is 0.317 e. The number of carbonyl (C=O) groups is 2. The van der Waals surface area contributed by atoms with Crippen molar-refractivity contribution in [3.05, 3.63) is 29.8 Å². The van der Waals surface area contributed by atoms with E-state index < -0.39 is 5.97 Å². The molecule has 21 heavy (non-hydrogen) atoms. The van der Waals surface area contributed by atoms with Crippen LogP contribution in [0.3, 0.4) is 0 Å². The van der Waals surface area contributed by atoms with Crippen LogP contribution in [-0.4, -0.2) is 48.8 Å². The van der Waals surface area contributed by atoms with Crippen LogP contribution in [0.1, 0.15) is 18.9 Å². The summed E-state index contributed by atoms with van der Waals surface area (Å²) >= 11 is 0. The molecule has 6 heteroatoms. The third-order valence-corrected chi connectivity index (χ3v) is 3.11. The SMILES string of the molecule is CCN(CCC(=O)O)C(=O)NCCc1ccc(OC)cc1. The Bertz CT molecular complexity index is 459. The fraction of sp³-hybridized carbons (Fsp3) is 0.467. The highest BCUT2D eigenvalue weighted by Crippen LogP contribution is 2.11. The zero-order chi connectivity index (χ0) is 15.7. The van der Waals surface area contributed by atoms with Crippen molar-refractivity contribution in [2.45, 2.75) is 19.8 Å². The monoisotopic (exact) mass is 294 g/mol. The van der Waals surface area contributed by atoms with Gasteiger partial charge in [-0.25, -0.2) is 4.79 Å². The molecule has 0 aromatic heterocycles. The van der Waals surface area contributed by atoms with E-state index in [4.69, 9.17) is 9.84 Å². The summed E-state index contributed by atoms with van der Waals surface area (Å²) in [4.78, 5) is 23.9. The molecule has 1 aromatic carbocycles. The largest absolute Gasteiger partial charge is 0.497 e. The lowest BCUT2D eigenvalue weighted by Crippen LogP contribution is -2.41. The first-order valence-electron chi connectivity index (χ1n) is 6.94. The van der Waals surface area contributed by atoms with Crippen molar-refractivity contribution in [2.24, 2.45) is 0 Å². The highest BCUT2D eigenvalue weighted by molar-refractivity contribution is 5.75. The van der Waals surface area contributed by atoms with Crippen LogP contribution in [0, 0.1) is 0 Å². The standard InChI is InChI=1S/C15H22N2O4/c1-3-17(11-9-14(18)19)15(20)16-10-8-12-4-6-13(21-2)7-5-12/h4-7H,3,8-11H2,1-2H3,(H,16,20)(H,18,19). The number of nitrogens with zero attached hydrogens (tertiary/aromatic N) is 1. The van der Waals surface area contributed by atoms with E-state index in [0.29, 0.717) is 19.5 Å². The molecule has 1 rings (SSSR count). The number of carboxylic acids is 1. The van der Waals surface area contributed by atoms with Gasteiger partial charge in [-0.1, -0.05) is 12.1 Å². The molecule has 116 valence electrons. The number of benzene rings is 1. The van der Waals surface area contributed by atoms with Crippen LogP contribution in [0.25, 0.3) is 0 Å². The van der Waals surface area contributed by atoms with Gasteiger partial charge in [-0.2, -0.15) is 0 Å². The number of amides is 2. The predicted octanol–water partition coefficient (Wildman–Crippen LogP) is 1.74. The van der Waals surface area contributed by atoms with E-state index in [0.717, 1.165) is 11.3 Å². The maximum absolute atomic E-state index is 11.9. The lowest BCUT2D eigenvalue weighted by Gasteiger charge is -2.20. The summed E-state index contributed by atoms with van der Waals surface area (Å²) in [5.74, 6) is -0.104. The van der Waals surface area contributed by atoms with Crippen molar-refractivity contribution < 1.29 is 19.4 Å². The van der Waals surface area contributed by atoms with Gasteiger partial charge in [0.2, 0.25) is 0 Å². The lowest BCUT2D eigenvalue weighted by molar-refractivity contribution is -0.137. The van der Waals surface area contributed by atoms with Gasteiger partial charge in [0.05, 0.1) is 13.5 Å². The average molecular weight is 294 g/mol. The number of ether oxygens (including phenoxy) is 1. The number of aliphatic carboxylic acids is 1. The first kappa shape index (κ1) is 16.8. The molecule has 0 aliphatic carbocycles. The summed E-state index contributed by atoms with van der Waals surface area (Å²) < 4.78 is 5.08. The maximum Gasteiger partial charge on any atom is 0.317 e. The minimum atomic E-state index is -0.903. The van der Waals surface area contributed by atoms with Gasteiger partial charge < -0.3 is 20.1 Å². The van der Waals surface area contributed by atoms with E-state index in [2.05, 4.69) is 5.32 Å². The van der Waals surface area contributed by atoms with Crippen LogP contribution in [0.15, 0.2) is 24.3 Å². The van der Waals surface area contributed by atoms with Gasteiger partial charge >= 0.3 is 12.0 Å². The molecule has 1 aromatic rings. The molecule has 0 radical (unpaired) electrons. The molecule has 0 heterocycles. The summed E-state index contributed by atoms with van der Waals surface area (Å²) in [5.41, 5.74) is 1.10. The normalized spacial score (nSPS) is 10.0. The summed E-state index contributed by atoms with van der Waals surface area (Å²) in [7, 11) is 1.62. The Labute approximate surface area is 124 Å². The number of carboxylic acid groups (broad SMARTS) is 1. The van der Waals surface area contributed by atoms with Gasteiger partial charge in [-0.05, 0) is 31.0 Å². The van der Waals surface area contributed by atoms with Crippen LogP contribution in [0.2, 0.25) is 0 Å². The molecule has 6 nitrogen and oxygen atoms in total. The number of methoxy groups -OCH3 is 1. The van der Waals surface area contributed by atoms with Crippen molar-refractivity contribution >= 4 is 12.0 Å². The number of urea groups is 1. The Balaban J connectivity index is 2.35. The molecule has 0 aliphatic rings. The molecular weight excluding hydrogens is 272 g/mol. The van der Waals surface area contributed by atoms with E-state index in [1.165, 1.54) is 4.90 Å². The minimum Gasteiger partial charge on any atom is -0.497 e. The Morgan fingerprint density at radius 2 is 1.95 bits per heavy atom. The van der Waals surface area contributed by atoms with Crippen molar-refractivity contribution in [3.8, 4) is 5.75 Å². The topological polar surface area (TPSA) is 78.9 Å². The molecule has 0 unspecified atom stereocenters. The molecule has 0 fully saturated rings. The highest BCUT2D eigenvalue weighted by atomic mass is 16.5. The average Bonchev–Trinajstić information content (AvgIpc) is 2.48. The third-order valence-electron chi connectivity index (χ3n) is 3.11. The number of rotatable bonds is 8. The Morgan fingerprint density at radius 3 is 2.48 bits per heavy atom. The fourth-order valence-corrected chi connectivity index (χ4v) is 1.85.